The Balaban J connectivity index is 1.27. The standard InChI is InChI=1S/C25H20Cl3N3O3/c26-19-5-7-21(8-6-19)31-14-18(11-24(31)32)25(33)30-29-13-16-1-9-22(10-2-16)34-15-17-3-4-20(27)12-23(17)28/h1-10,12-13,18H,11,14-15H2,(H,30,33)/b29-13-/t18-/m0/s1. The van der Waals surface area contributed by atoms with Crippen molar-refractivity contribution in [2.45, 2.75) is 13.0 Å². The number of ether oxygens (including phenoxy) is 1. The molecule has 2 amide bonds. The molecule has 0 saturated carbocycles. The number of amides is 2. The highest BCUT2D eigenvalue weighted by atomic mass is 35.5. The number of benzene rings is 3. The van der Waals surface area contributed by atoms with Crippen LogP contribution in [0.15, 0.2) is 71.8 Å². The summed E-state index contributed by atoms with van der Waals surface area (Å²) in [5.74, 6) is -0.224. The number of carbonyl (C=O) groups is 2. The minimum atomic E-state index is -0.476. The van der Waals surface area contributed by atoms with E-state index in [4.69, 9.17) is 39.5 Å². The maximum Gasteiger partial charge on any atom is 0.245 e. The molecule has 0 bridgehead atoms. The van der Waals surface area contributed by atoms with E-state index in [9.17, 15) is 9.59 Å². The first-order chi connectivity index (χ1) is 16.4. The van der Waals surface area contributed by atoms with E-state index >= 15 is 0 Å². The van der Waals surface area contributed by atoms with Crippen molar-refractivity contribution in [3.63, 3.8) is 0 Å². The summed E-state index contributed by atoms with van der Waals surface area (Å²) in [5.41, 5.74) is 4.85. The van der Waals surface area contributed by atoms with E-state index in [1.54, 1.807) is 53.4 Å². The zero-order valence-electron chi connectivity index (χ0n) is 17.9. The molecule has 34 heavy (non-hydrogen) atoms. The van der Waals surface area contributed by atoms with Gasteiger partial charge in [0.25, 0.3) is 0 Å². The number of nitrogens with one attached hydrogen (secondary N) is 1. The number of carbonyl (C=O) groups excluding carboxylic acids is 2. The van der Waals surface area contributed by atoms with Crippen LogP contribution in [0.1, 0.15) is 17.5 Å². The van der Waals surface area contributed by atoms with Crippen LogP contribution in [0.25, 0.3) is 0 Å². The van der Waals surface area contributed by atoms with Crippen molar-refractivity contribution in [1.29, 1.82) is 0 Å². The Kier molecular flexibility index (Phi) is 7.73. The number of hydrogen-bond acceptors (Lipinski definition) is 4. The fourth-order valence-electron chi connectivity index (χ4n) is 3.47. The van der Waals surface area contributed by atoms with Gasteiger partial charge < -0.3 is 9.64 Å². The summed E-state index contributed by atoms with van der Waals surface area (Å²) >= 11 is 18.0. The van der Waals surface area contributed by atoms with E-state index in [-0.39, 0.29) is 18.2 Å². The molecule has 3 aromatic rings. The molecule has 1 saturated heterocycles. The molecule has 4 rings (SSSR count). The van der Waals surface area contributed by atoms with Gasteiger partial charge in [0.15, 0.2) is 0 Å². The zero-order chi connectivity index (χ0) is 24.1. The molecule has 0 spiro atoms. The average molecular weight is 517 g/mol. The van der Waals surface area contributed by atoms with Crippen LogP contribution < -0.4 is 15.1 Å². The first-order valence-corrected chi connectivity index (χ1v) is 11.6. The number of hydrogen-bond donors (Lipinski definition) is 1. The van der Waals surface area contributed by atoms with Crippen molar-refractivity contribution in [3.05, 3.63) is 92.9 Å². The second kappa shape index (κ2) is 10.9. The van der Waals surface area contributed by atoms with Crippen molar-refractivity contribution in [2.24, 2.45) is 11.0 Å². The van der Waals surface area contributed by atoms with Crippen molar-refractivity contribution >= 4 is 58.5 Å². The number of halogens is 3. The third-order valence-corrected chi connectivity index (χ3v) is 6.15. The number of rotatable bonds is 7. The monoisotopic (exact) mass is 515 g/mol. The summed E-state index contributed by atoms with van der Waals surface area (Å²) in [6.45, 7) is 0.609. The van der Waals surface area contributed by atoms with Gasteiger partial charge in [-0.15, -0.1) is 0 Å². The van der Waals surface area contributed by atoms with Gasteiger partial charge >= 0.3 is 0 Å². The fraction of sp³-hybridized carbons (Fsp3) is 0.160. The third-order valence-electron chi connectivity index (χ3n) is 5.31. The molecule has 0 radical (unpaired) electrons. The lowest BCUT2D eigenvalue weighted by molar-refractivity contribution is -0.126. The molecule has 1 atom stereocenters. The molecule has 6 nitrogen and oxygen atoms in total. The first kappa shape index (κ1) is 24.1. The van der Waals surface area contributed by atoms with Crippen LogP contribution in [0, 0.1) is 5.92 Å². The summed E-state index contributed by atoms with van der Waals surface area (Å²) in [6, 6.07) is 19.4. The van der Waals surface area contributed by atoms with E-state index in [2.05, 4.69) is 10.5 Å². The van der Waals surface area contributed by atoms with Crippen LogP contribution in [-0.2, 0) is 16.2 Å². The molecule has 0 unspecified atom stereocenters. The van der Waals surface area contributed by atoms with Gasteiger partial charge in [-0.05, 0) is 66.2 Å². The topological polar surface area (TPSA) is 71.0 Å². The number of nitrogens with zero attached hydrogens (tertiary/aromatic N) is 2. The smallest absolute Gasteiger partial charge is 0.245 e. The van der Waals surface area contributed by atoms with Crippen LogP contribution in [0.4, 0.5) is 5.69 Å². The Morgan fingerprint density at radius 1 is 1.03 bits per heavy atom. The number of anilines is 1. The summed E-state index contributed by atoms with van der Waals surface area (Å²) in [5, 5.41) is 5.73. The number of hydrazone groups is 1. The SMILES string of the molecule is O=C(N/N=C\c1ccc(OCc2ccc(Cl)cc2Cl)cc1)[C@H]1CC(=O)N(c2ccc(Cl)cc2)C1. The lowest BCUT2D eigenvalue weighted by Crippen LogP contribution is -2.30. The van der Waals surface area contributed by atoms with Gasteiger partial charge in [-0.2, -0.15) is 5.10 Å². The minimum Gasteiger partial charge on any atom is -0.489 e. The quantitative estimate of drug-likeness (QED) is 0.322. The van der Waals surface area contributed by atoms with Crippen LogP contribution in [0.2, 0.25) is 15.1 Å². The molecule has 1 aliphatic rings. The highest BCUT2D eigenvalue weighted by Crippen LogP contribution is 2.26. The van der Waals surface area contributed by atoms with Gasteiger partial charge in [-0.3, -0.25) is 9.59 Å². The fourth-order valence-corrected chi connectivity index (χ4v) is 4.05. The molecular formula is C25H20Cl3N3O3. The Morgan fingerprint density at radius 3 is 2.44 bits per heavy atom. The molecule has 1 heterocycles. The van der Waals surface area contributed by atoms with E-state index in [0.717, 1.165) is 11.1 Å². The highest BCUT2D eigenvalue weighted by Gasteiger charge is 2.35. The summed E-state index contributed by atoms with van der Waals surface area (Å²) in [6.07, 6.45) is 1.67. The largest absolute Gasteiger partial charge is 0.489 e. The molecule has 0 aliphatic carbocycles. The Morgan fingerprint density at radius 2 is 1.74 bits per heavy atom. The average Bonchev–Trinajstić information content (AvgIpc) is 3.21. The van der Waals surface area contributed by atoms with Crippen molar-refractivity contribution in [1.82, 2.24) is 5.43 Å². The molecular weight excluding hydrogens is 497 g/mol. The van der Waals surface area contributed by atoms with Gasteiger partial charge in [0.05, 0.1) is 12.1 Å². The predicted octanol–water partition coefficient (Wildman–Crippen LogP) is 5.73. The highest BCUT2D eigenvalue weighted by molar-refractivity contribution is 6.35. The molecule has 0 aromatic heterocycles. The van der Waals surface area contributed by atoms with Crippen molar-refractivity contribution in [3.8, 4) is 5.75 Å². The van der Waals surface area contributed by atoms with Gasteiger partial charge in [-0.1, -0.05) is 40.9 Å². The van der Waals surface area contributed by atoms with Crippen LogP contribution in [0.3, 0.4) is 0 Å². The van der Waals surface area contributed by atoms with Gasteiger partial charge in [-0.25, -0.2) is 5.43 Å². The molecule has 1 fully saturated rings. The Bertz CT molecular complexity index is 1210. The summed E-state index contributed by atoms with van der Waals surface area (Å²) in [7, 11) is 0. The molecule has 1 aliphatic heterocycles. The summed E-state index contributed by atoms with van der Waals surface area (Å²) in [4.78, 5) is 26.4. The normalized spacial score (nSPS) is 15.7. The maximum atomic E-state index is 12.5. The van der Waals surface area contributed by atoms with E-state index in [1.165, 1.54) is 6.21 Å². The van der Waals surface area contributed by atoms with Crippen LogP contribution in [-0.4, -0.2) is 24.6 Å². The second-order valence-corrected chi connectivity index (χ2v) is 8.99. The van der Waals surface area contributed by atoms with Gasteiger partial charge in [0.2, 0.25) is 11.8 Å². The van der Waals surface area contributed by atoms with Gasteiger partial charge in [0.1, 0.15) is 12.4 Å². The second-order valence-electron chi connectivity index (χ2n) is 7.71. The molecule has 1 N–H and O–H groups in total. The van der Waals surface area contributed by atoms with Crippen LogP contribution in [0.5, 0.6) is 5.75 Å². The first-order valence-electron chi connectivity index (χ1n) is 10.4. The molecule has 9 heteroatoms. The Hall–Kier alpha value is -3.06. The third kappa shape index (κ3) is 6.08. The lowest BCUT2D eigenvalue weighted by Gasteiger charge is -2.16. The van der Waals surface area contributed by atoms with Crippen LogP contribution >= 0.6 is 34.8 Å². The van der Waals surface area contributed by atoms with E-state index in [1.807, 2.05) is 18.2 Å². The summed E-state index contributed by atoms with van der Waals surface area (Å²) < 4.78 is 5.76. The minimum absolute atomic E-state index is 0.109. The van der Waals surface area contributed by atoms with Gasteiger partial charge in [0, 0.05) is 39.3 Å². The van der Waals surface area contributed by atoms with E-state index < -0.39 is 5.92 Å². The Labute approximate surface area is 212 Å². The zero-order valence-corrected chi connectivity index (χ0v) is 20.1. The molecule has 3 aromatic carbocycles. The van der Waals surface area contributed by atoms with Crippen molar-refractivity contribution < 1.29 is 14.3 Å². The van der Waals surface area contributed by atoms with Crippen molar-refractivity contribution in [2.75, 3.05) is 11.4 Å². The molecule has 174 valence electrons. The van der Waals surface area contributed by atoms with E-state index in [0.29, 0.717) is 39.7 Å². The maximum absolute atomic E-state index is 12.5. The predicted molar refractivity (Wildman–Crippen MR) is 135 cm³/mol. The lowest BCUT2D eigenvalue weighted by atomic mass is 10.1.